The van der Waals surface area contributed by atoms with E-state index in [1.54, 1.807) is 31.2 Å². The standard InChI is InChI=1S/C18H18N2O5S/c1-9-14(17(23)24-4)15(20-16(22)10(2)26-18(20)19-9)12-5-7-13(8-6-12)25-11(3)21/h5-8,10,15H,1-4H3/t10-,15-/m1/s1. The average molecular weight is 374 g/mol. The Balaban J connectivity index is 2.08. The quantitative estimate of drug-likeness (QED) is 0.597. The molecule has 0 spiro atoms. The van der Waals surface area contributed by atoms with Crippen molar-refractivity contribution >= 4 is 34.8 Å². The molecule has 0 radical (unpaired) electrons. The van der Waals surface area contributed by atoms with Crippen LogP contribution in [0.2, 0.25) is 0 Å². The Morgan fingerprint density at radius 1 is 1.23 bits per heavy atom. The molecule has 0 aromatic heterocycles. The maximum Gasteiger partial charge on any atom is 0.338 e. The Labute approximate surface area is 155 Å². The van der Waals surface area contributed by atoms with Gasteiger partial charge in [-0.1, -0.05) is 23.9 Å². The van der Waals surface area contributed by atoms with E-state index in [-0.39, 0.29) is 11.2 Å². The van der Waals surface area contributed by atoms with Gasteiger partial charge in [-0.15, -0.1) is 0 Å². The molecule has 1 aromatic rings. The molecule has 0 aliphatic carbocycles. The first-order valence-electron chi connectivity index (χ1n) is 7.99. The number of amides is 1. The molecule has 0 N–H and O–H groups in total. The van der Waals surface area contributed by atoms with Gasteiger partial charge in [0.1, 0.15) is 5.75 Å². The van der Waals surface area contributed by atoms with Gasteiger partial charge >= 0.3 is 11.9 Å². The van der Waals surface area contributed by atoms with Crippen LogP contribution in [0.3, 0.4) is 0 Å². The van der Waals surface area contributed by atoms with E-state index in [1.165, 1.54) is 30.7 Å². The molecule has 0 saturated carbocycles. The van der Waals surface area contributed by atoms with E-state index < -0.39 is 18.0 Å². The number of fused-ring (bicyclic) bond motifs is 1. The average Bonchev–Trinajstić information content (AvgIpc) is 2.87. The summed E-state index contributed by atoms with van der Waals surface area (Å²) in [4.78, 5) is 42.1. The molecule has 3 rings (SSSR count). The fourth-order valence-electron chi connectivity index (χ4n) is 2.97. The topological polar surface area (TPSA) is 85.3 Å². The third-order valence-corrected chi connectivity index (χ3v) is 5.17. The molecule has 8 heteroatoms. The van der Waals surface area contributed by atoms with Crippen LogP contribution in [0, 0.1) is 0 Å². The van der Waals surface area contributed by atoms with Crippen molar-refractivity contribution in [3.63, 3.8) is 0 Å². The van der Waals surface area contributed by atoms with E-state index in [4.69, 9.17) is 9.47 Å². The zero-order valence-corrected chi connectivity index (χ0v) is 15.6. The summed E-state index contributed by atoms with van der Waals surface area (Å²) < 4.78 is 9.97. The van der Waals surface area contributed by atoms with Crippen LogP contribution in [-0.4, -0.2) is 40.3 Å². The third kappa shape index (κ3) is 3.12. The number of aliphatic imine (C=N–C) groups is 1. The van der Waals surface area contributed by atoms with Crippen LogP contribution < -0.4 is 4.74 Å². The Hall–Kier alpha value is -2.61. The van der Waals surface area contributed by atoms with Crippen LogP contribution in [0.25, 0.3) is 0 Å². The highest BCUT2D eigenvalue weighted by molar-refractivity contribution is 8.15. The summed E-state index contributed by atoms with van der Waals surface area (Å²) in [5.74, 6) is -0.675. The van der Waals surface area contributed by atoms with Crippen molar-refractivity contribution in [2.75, 3.05) is 7.11 Å². The van der Waals surface area contributed by atoms with Crippen molar-refractivity contribution in [3.05, 3.63) is 41.1 Å². The lowest BCUT2D eigenvalue weighted by atomic mass is 9.94. The first-order chi connectivity index (χ1) is 12.3. The molecule has 2 atom stereocenters. The fraction of sp³-hybridized carbons (Fsp3) is 0.333. The number of nitrogens with zero attached hydrogens (tertiary/aromatic N) is 2. The van der Waals surface area contributed by atoms with Crippen LogP contribution in [0.5, 0.6) is 5.75 Å². The Bertz CT molecular complexity index is 844. The SMILES string of the molecule is COC(=O)C1=C(C)N=C2S[C@H](C)C(=O)N2[C@@H]1c1ccc(OC(C)=O)cc1. The van der Waals surface area contributed by atoms with Gasteiger partial charge in [-0.05, 0) is 31.5 Å². The molecule has 7 nitrogen and oxygen atoms in total. The van der Waals surface area contributed by atoms with Gasteiger partial charge in [0.05, 0.1) is 29.7 Å². The molecule has 2 heterocycles. The number of carbonyl (C=O) groups excluding carboxylic acids is 3. The molecule has 1 aromatic carbocycles. The fourth-order valence-corrected chi connectivity index (χ4v) is 4.00. The van der Waals surface area contributed by atoms with Crippen molar-refractivity contribution in [3.8, 4) is 5.75 Å². The van der Waals surface area contributed by atoms with Crippen LogP contribution in [0.15, 0.2) is 40.5 Å². The monoisotopic (exact) mass is 374 g/mol. The van der Waals surface area contributed by atoms with Crippen molar-refractivity contribution in [1.29, 1.82) is 0 Å². The minimum absolute atomic E-state index is 0.114. The minimum Gasteiger partial charge on any atom is -0.466 e. The summed E-state index contributed by atoms with van der Waals surface area (Å²) >= 11 is 1.36. The third-order valence-electron chi connectivity index (χ3n) is 4.12. The smallest absolute Gasteiger partial charge is 0.338 e. The highest BCUT2D eigenvalue weighted by Gasteiger charge is 2.46. The lowest BCUT2D eigenvalue weighted by Gasteiger charge is -2.32. The lowest BCUT2D eigenvalue weighted by molar-refractivity contribution is -0.137. The number of ether oxygens (including phenoxy) is 2. The van der Waals surface area contributed by atoms with Crippen molar-refractivity contribution in [2.45, 2.75) is 32.1 Å². The Morgan fingerprint density at radius 2 is 1.88 bits per heavy atom. The number of benzene rings is 1. The zero-order chi connectivity index (χ0) is 19.0. The molecule has 26 heavy (non-hydrogen) atoms. The normalized spacial score (nSPS) is 22.1. The molecule has 1 fully saturated rings. The second kappa shape index (κ2) is 6.95. The summed E-state index contributed by atoms with van der Waals surface area (Å²) in [6.45, 7) is 4.85. The van der Waals surface area contributed by atoms with Gasteiger partial charge in [-0.25, -0.2) is 9.79 Å². The summed E-state index contributed by atoms with van der Waals surface area (Å²) in [7, 11) is 1.30. The van der Waals surface area contributed by atoms with Gasteiger partial charge in [0.2, 0.25) is 5.91 Å². The predicted octanol–water partition coefficient (Wildman–Crippen LogP) is 2.43. The predicted molar refractivity (Wildman–Crippen MR) is 96.5 cm³/mol. The number of esters is 2. The summed E-state index contributed by atoms with van der Waals surface area (Å²) in [5, 5.41) is 0.295. The molecular formula is C18H18N2O5S. The first-order valence-corrected chi connectivity index (χ1v) is 8.87. The maximum atomic E-state index is 12.7. The molecule has 1 amide bonds. The largest absolute Gasteiger partial charge is 0.466 e. The first kappa shape index (κ1) is 18.2. The van der Waals surface area contributed by atoms with E-state index >= 15 is 0 Å². The number of hydrogen-bond acceptors (Lipinski definition) is 7. The van der Waals surface area contributed by atoms with E-state index in [1.807, 2.05) is 6.92 Å². The number of amidine groups is 1. The molecular weight excluding hydrogens is 356 g/mol. The summed E-state index contributed by atoms with van der Waals surface area (Å²) in [6, 6.07) is 6.07. The number of methoxy groups -OCH3 is 1. The molecule has 1 saturated heterocycles. The highest BCUT2D eigenvalue weighted by Crippen LogP contribution is 2.43. The van der Waals surface area contributed by atoms with Gasteiger partial charge < -0.3 is 9.47 Å². The molecule has 0 unspecified atom stereocenters. The van der Waals surface area contributed by atoms with E-state index in [0.717, 1.165) is 0 Å². The number of rotatable bonds is 3. The van der Waals surface area contributed by atoms with Crippen molar-refractivity contribution in [1.82, 2.24) is 4.90 Å². The zero-order valence-electron chi connectivity index (χ0n) is 14.8. The van der Waals surface area contributed by atoms with Gasteiger partial charge in [-0.2, -0.15) is 0 Å². The van der Waals surface area contributed by atoms with Crippen LogP contribution in [-0.2, 0) is 19.1 Å². The van der Waals surface area contributed by atoms with Gasteiger partial charge in [0, 0.05) is 6.92 Å². The Kier molecular flexibility index (Phi) is 4.86. The molecule has 2 aliphatic rings. The van der Waals surface area contributed by atoms with Crippen LogP contribution in [0.1, 0.15) is 32.4 Å². The summed E-state index contributed by atoms with van der Waals surface area (Å²) in [6.07, 6.45) is 0. The van der Waals surface area contributed by atoms with Gasteiger partial charge in [0.25, 0.3) is 0 Å². The minimum atomic E-state index is -0.633. The van der Waals surface area contributed by atoms with Gasteiger partial charge in [-0.3, -0.25) is 14.5 Å². The second-order valence-corrected chi connectivity index (χ2v) is 7.23. The number of thioether (sulfide) groups is 1. The second-order valence-electron chi connectivity index (χ2n) is 5.92. The van der Waals surface area contributed by atoms with E-state index in [0.29, 0.717) is 27.8 Å². The lowest BCUT2D eigenvalue weighted by Crippen LogP contribution is -2.40. The van der Waals surface area contributed by atoms with Gasteiger partial charge in [0.15, 0.2) is 5.17 Å². The molecule has 136 valence electrons. The molecule has 2 aliphatic heterocycles. The maximum absolute atomic E-state index is 12.7. The number of carbonyl (C=O) groups is 3. The van der Waals surface area contributed by atoms with E-state index in [9.17, 15) is 14.4 Å². The van der Waals surface area contributed by atoms with Crippen LogP contribution in [0.4, 0.5) is 0 Å². The van der Waals surface area contributed by atoms with Crippen molar-refractivity contribution in [2.24, 2.45) is 4.99 Å². The summed E-state index contributed by atoms with van der Waals surface area (Å²) in [5.41, 5.74) is 1.54. The number of hydrogen-bond donors (Lipinski definition) is 0. The number of allylic oxidation sites excluding steroid dienone is 1. The Morgan fingerprint density at radius 3 is 2.46 bits per heavy atom. The van der Waals surface area contributed by atoms with E-state index in [2.05, 4.69) is 4.99 Å². The van der Waals surface area contributed by atoms with Crippen molar-refractivity contribution < 1.29 is 23.9 Å². The molecule has 0 bridgehead atoms. The van der Waals surface area contributed by atoms with Crippen LogP contribution >= 0.6 is 11.8 Å². The highest BCUT2D eigenvalue weighted by atomic mass is 32.2.